The minimum Gasteiger partial charge on any atom is -0.387 e. The summed E-state index contributed by atoms with van der Waals surface area (Å²) in [6, 6.07) is 4.71. The fraction of sp³-hybridized carbons (Fsp3) is 0.667. The maximum atomic E-state index is 9.49. The quantitative estimate of drug-likeness (QED) is 0.888. The Labute approximate surface area is 110 Å². The van der Waals surface area contributed by atoms with Crippen molar-refractivity contribution in [3.63, 3.8) is 0 Å². The van der Waals surface area contributed by atoms with Gasteiger partial charge in [0.05, 0.1) is 23.7 Å². The van der Waals surface area contributed by atoms with Crippen LogP contribution in [0.2, 0.25) is 0 Å². The van der Waals surface area contributed by atoms with Crippen molar-refractivity contribution in [3.8, 4) is 0 Å². The molecule has 0 aliphatic carbocycles. The second-order valence-electron chi connectivity index (χ2n) is 5.25. The molecule has 0 bridgehead atoms. The Morgan fingerprint density at radius 1 is 1.44 bits per heavy atom. The molecule has 1 fully saturated rings. The maximum Gasteiger partial charge on any atom is 0.0931 e. The molecule has 0 radical (unpaired) electrons. The molecule has 2 unspecified atom stereocenters. The highest BCUT2D eigenvalue weighted by Gasteiger charge is 2.22. The number of rotatable bonds is 4. The lowest BCUT2D eigenvalue weighted by atomic mass is 9.97. The van der Waals surface area contributed by atoms with Crippen LogP contribution in [0.15, 0.2) is 18.3 Å². The molecule has 18 heavy (non-hydrogen) atoms. The maximum absolute atomic E-state index is 9.49. The van der Waals surface area contributed by atoms with E-state index < -0.39 is 6.10 Å². The summed E-state index contributed by atoms with van der Waals surface area (Å²) in [5.41, 5.74) is 1.96. The number of aromatic nitrogens is 1. The highest BCUT2D eigenvalue weighted by molar-refractivity contribution is 5.46. The highest BCUT2D eigenvalue weighted by atomic mass is 16.3. The first-order chi connectivity index (χ1) is 8.72. The molecule has 2 atom stereocenters. The van der Waals surface area contributed by atoms with Crippen molar-refractivity contribution in [3.05, 3.63) is 24.0 Å². The van der Waals surface area contributed by atoms with E-state index in [-0.39, 0.29) is 0 Å². The molecule has 2 heterocycles. The van der Waals surface area contributed by atoms with E-state index in [1.165, 1.54) is 37.8 Å². The van der Waals surface area contributed by atoms with Gasteiger partial charge in [-0.1, -0.05) is 13.3 Å². The number of aliphatic hydroxyl groups is 1. The van der Waals surface area contributed by atoms with Gasteiger partial charge in [-0.2, -0.15) is 0 Å². The molecule has 3 heteroatoms. The first-order valence-electron chi connectivity index (χ1n) is 7.13. The standard InChI is InChI=1S/C15H24N2O/c1-3-6-13-7-4-5-10-17(13)14-8-9-15(12(2)18)16-11-14/h8-9,11-13,18H,3-7,10H2,1-2H3. The topological polar surface area (TPSA) is 36.4 Å². The zero-order valence-corrected chi connectivity index (χ0v) is 11.5. The lowest BCUT2D eigenvalue weighted by molar-refractivity contribution is 0.194. The zero-order chi connectivity index (χ0) is 13.0. The van der Waals surface area contributed by atoms with Crippen LogP contribution in [0.25, 0.3) is 0 Å². The van der Waals surface area contributed by atoms with Crippen LogP contribution < -0.4 is 4.90 Å². The molecule has 1 saturated heterocycles. The Balaban J connectivity index is 2.12. The molecule has 1 aromatic heterocycles. The molecule has 1 N–H and O–H groups in total. The number of nitrogens with zero attached hydrogens (tertiary/aromatic N) is 2. The van der Waals surface area contributed by atoms with Gasteiger partial charge in [0.25, 0.3) is 0 Å². The van der Waals surface area contributed by atoms with Gasteiger partial charge in [-0.05, 0) is 44.7 Å². The van der Waals surface area contributed by atoms with Crippen molar-refractivity contribution in [2.75, 3.05) is 11.4 Å². The van der Waals surface area contributed by atoms with Crippen molar-refractivity contribution in [2.45, 2.75) is 58.1 Å². The molecule has 1 aliphatic rings. The Morgan fingerprint density at radius 3 is 2.89 bits per heavy atom. The van der Waals surface area contributed by atoms with Crippen LogP contribution in [0, 0.1) is 0 Å². The smallest absolute Gasteiger partial charge is 0.0931 e. The van der Waals surface area contributed by atoms with Gasteiger partial charge in [0, 0.05) is 12.6 Å². The molecule has 3 nitrogen and oxygen atoms in total. The Kier molecular flexibility index (Phi) is 4.59. The fourth-order valence-corrected chi connectivity index (χ4v) is 2.79. The lowest BCUT2D eigenvalue weighted by Gasteiger charge is -2.37. The summed E-state index contributed by atoms with van der Waals surface area (Å²) in [5.74, 6) is 0. The summed E-state index contributed by atoms with van der Waals surface area (Å²) in [6.07, 6.45) is 7.85. The molecule has 1 aromatic rings. The van der Waals surface area contributed by atoms with Gasteiger partial charge in [-0.15, -0.1) is 0 Å². The van der Waals surface area contributed by atoms with Gasteiger partial charge in [-0.3, -0.25) is 4.98 Å². The highest BCUT2D eigenvalue weighted by Crippen LogP contribution is 2.27. The summed E-state index contributed by atoms with van der Waals surface area (Å²) in [5, 5.41) is 9.49. The van der Waals surface area contributed by atoms with Gasteiger partial charge in [0.1, 0.15) is 0 Å². The number of hydrogen-bond acceptors (Lipinski definition) is 3. The van der Waals surface area contributed by atoms with E-state index in [2.05, 4.69) is 22.9 Å². The van der Waals surface area contributed by atoms with Gasteiger partial charge in [-0.25, -0.2) is 0 Å². The van der Waals surface area contributed by atoms with Crippen LogP contribution in [-0.4, -0.2) is 22.7 Å². The van der Waals surface area contributed by atoms with Crippen molar-refractivity contribution in [2.24, 2.45) is 0 Å². The normalized spacial score (nSPS) is 21.9. The summed E-state index contributed by atoms with van der Waals surface area (Å²) in [7, 11) is 0. The SMILES string of the molecule is CCCC1CCCCN1c1ccc(C(C)O)nc1. The molecule has 0 aromatic carbocycles. The molecule has 0 saturated carbocycles. The van der Waals surface area contributed by atoms with Crippen LogP contribution in [0.3, 0.4) is 0 Å². The number of pyridine rings is 1. The number of anilines is 1. The van der Waals surface area contributed by atoms with E-state index in [1.807, 2.05) is 12.3 Å². The van der Waals surface area contributed by atoms with E-state index in [0.717, 1.165) is 12.2 Å². The van der Waals surface area contributed by atoms with Crippen LogP contribution in [0.5, 0.6) is 0 Å². The van der Waals surface area contributed by atoms with Crippen molar-refractivity contribution < 1.29 is 5.11 Å². The van der Waals surface area contributed by atoms with Crippen molar-refractivity contribution in [1.82, 2.24) is 4.98 Å². The average molecular weight is 248 g/mol. The minimum atomic E-state index is -0.480. The lowest BCUT2D eigenvalue weighted by Crippen LogP contribution is -2.39. The van der Waals surface area contributed by atoms with E-state index in [0.29, 0.717) is 6.04 Å². The average Bonchev–Trinajstić information content (AvgIpc) is 2.40. The molecule has 2 rings (SSSR count). The Morgan fingerprint density at radius 2 is 2.28 bits per heavy atom. The second kappa shape index (κ2) is 6.19. The third kappa shape index (κ3) is 3.02. The molecule has 0 amide bonds. The van der Waals surface area contributed by atoms with E-state index >= 15 is 0 Å². The zero-order valence-electron chi connectivity index (χ0n) is 11.5. The minimum absolute atomic E-state index is 0.480. The van der Waals surface area contributed by atoms with Crippen LogP contribution in [-0.2, 0) is 0 Å². The van der Waals surface area contributed by atoms with E-state index in [4.69, 9.17) is 0 Å². The Hall–Kier alpha value is -1.09. The van der Waals surface area contributed by atoms with Gasteiger partial charge < -0.3 is 10.0 Å². The predicted octanol–water partition coefficient (Wildman–Crippen LogP) is 3.29. The number of hydrogen-bond donors (Lipinski definition) is 1. The summed E-state index contributed by atoms with van der Waals surface area (Å²) >= 11 is 0. The molecule has 100 valence electrons. The van der Waals surface area contributed by atoms with Crippen LogP contribution >= 0.6 is 0 Å². The first kappa shape index (κ1) is 13.3. The summed E-state index contributed by atoms with van der Waals surface area (Å²) in [6.45, 7) is 5.14. The van der Waals surface area contributed by atoms with Crippen molar-refractivity contribution >= 4 is 5.69 Å². The number of piperidine rings is 1. The number of aliphatic hydroxyl groups excluding tert-OH is 1. The monoisotopic (exact) mass is 248 g/mol. The Bertz CT molecular complexity index is 359. The summed E-state index contributed by atoms with van der Waals surface area (Å²) in [4.78, 5) is 6.85. The van der Waals surface area contributed by atoms with Gasteiger partial charge >= 0.3 is 0 Å². The van der Waals surface area contributed by atoms with Crippen LogP contribution in [0.4, 0.5) is 5.69 Å². The molecular weight excluding hydrogens is 224 g/mol. The molecule has 1 aliphatic heterocycles. The second-order valence-corrected chi connectivity index (χ2v) is 5.25. The van der Waals surface area contributed by atoms with E-state index in [9.17, 15) is 5.11 Å². The van der Waals surface area contributed by atoms with Crippen molar-refractivity contribution in [1.29, 1.82) is 0 Å². The van der Waals surface area contributed by atoms with Crippen LogP contribution in [0.1, 0.15) is 57.7 Å². The largest absolute Gasteiger partial charge is 0.387 e. The first-order valence-corrected chi connectivity index (χ1v) is 7.13. The van der Waals surface area contributed by atoms with Gasteiger partial charge in [0.2, 0.25) is 0 Å². The summed E-state index contributed by atoms with van der Waals surface area (Å²) < 4.78 is 0. The molecule has 0 spiro atoms. The third-order valence-electron chi connectivity index (χ3n) is 3.78. The predicted molar refractivity (Wildman–Crippen MR) is 74.8 cm³/mol. The van der Waals surface area contributed by atoms with Gasteiger partial charge in [0.15, 0.2) is 0 Å². The third-order valence-corrected chi connectivity index (χ3v) is 3.78. The fourth-order valence-electron chi connectivity index (χ4n) is 2.79. The van der Waals surface area contributed by atoms with E-state index in [1.54, 1.807) is 6.92 Å². The molecular formula is C15H24N2O.